The first kappa shape index (κ1) is 16.3. The summed E-state index contributed by atoms with van der Waals surface area (Å²) in [5, 5.41) is 3.57. The van der Waals surface area contributed by atoms with Gasteiger partial charge < -0.3 is 10.1 Å². The maximum absolute atomic E-state index is 12.1. The van der Waals surface area contributed by atoms with E-state index in [1.165, 1.54) is 0 Å². The van der Waals surface area contributed by atoms with Gasteiger partial charge in [0.1, 0.15) is 5.75 Å². The Morgan fingerprint density at radius 1 is 1.27 bits per heavy atom. The van der Waals surface area contributed by atoms with Gasteiger partial charge in [0.25, 0.3) is 5.91 Å². The van der Waals surface area contributed by atoms with Crippen LogP contribution in [-0.2, 0) is 11.3 Å². The topological polar surface area (TPSA) is 51.2 Å². The van der Waals surface area contributed by atoms with Crippen molar-refractivity contribution >= 4 is 17.5 Å². The SMILES string of the molecule is Cc1cc(OC(C)C(=O)NCc2ccncc2)cc(C)c1Cl. The molecule has 1 heterocycles. The summed E-state index contributed by atoms with van der Waals surface area (Å²) in [5.74, 6) is 0.480. The molecule has 1 N–H and O–H groups in total. The number of carbonyl (C=O) groups excluding carboxylic acids is 1. The first-order valence-electron chi connectivity index (χ1n) is 7.07. The van der Waals surface area contributed by atoms with E-state index in [1.54, 1.807) is 19.3 Å². The second kappa shape index (κ2) is 7.27. The van der Waals surface area contributed by atoms with E-state index in [2.05, 4.69) is 10.3 Å². The van der Waals surface area contributed by atoms with E-state index < -0.39 is 6.10 Å². The minimum Gasteiger partial charge on any atom is -0.481 e. The zero-order chi connectivity index (χ0) is 16.1. The molecule has 0 spiro atoms. The fraction of sp³-hybridized carbons (Fsp3) is 0.294. The number of hydrogen-bond donors (Lipinski definition) is 1. The van der Waals surface area contributed by atoms with Crippen molar-refractivity contribution in [3.05, 3.63) is 58.4 Å². The Labute approximate surface area is 135 Å². The van der Waals surface area contributed by atoms with Gasteiger partial charge in [-0.3, -0.25) is 9.78 Å². The van der Waals surface area contributed by atoms with Gasteiger partial charge in [0, 0.05) is 24.0 Å². The molecular formula is C17H19ClN2O2. The molecule has 2 aromatic rings. The number of ether oxygens (including phenoxy) is 1. The molecule has 0 radical (unpaired) electrons. The number of amides is 1. The lowest BCUT2D eigenvalue weighted by atomic mass is 10.1. The molecule has 5 heteroatoms. The standard InChI is InChI=1S/C17H19ClN2O2/c1-11-8-15(9-12(2)16(11)18)22-13(3)17(21)20-10-14-4-6-19-7-5-14/h4-9,13H,10H2,1-3H3,(H,20,21). The van der Waals surface area contributed by atoms with Gasteiger partial charge in [-0.2, -0.15) is 0 Å². The number of nitrogens with one attached hydrogen (secondary N) is 1. The second-order valence-corrected chi connectivity index (χ2v) is 5.58. The molecule has 0 aliphatic carbocycles. The molecule has 4 nitrogen and oxygen atoms in total. The molecule has 0 aliphatic heterocycles. The summed E-state index contributed by atoms with van der Waals surface area (Å²) >= 11 is 6.13. The first-order valence-corrected chi connectivity index (χ1v) is 7.45. The maximum atomic E-state index is 12.1. The average Bonchev–Trinajstić information content (AvgIpc) is 2.51. The van der Waals surface area contributed by atoms with E-state index >= 15 is 0 Å². The van der Waals surface area contributed by atoms with Crippen LogP contribution in [0.3, 0.4) is 0 Å². The number of aromatic nitrogens is 1. The summed E-state index contributed by atoms with van der Waals surface area (Å²) in [6.07, 6.45) is 2.81. The van der Waals surface area contributed by atoms with Gasteiger partial charge in [-0.15, -0.1) is 0 Å². The Morgan fingerprint density at radius 2 is 1.86 bits per heavy atom. The highest BCUT2D eigenvalue weighted by atomic mass is 35.5. The van der Waals surface area contributed by atoms with Crippen molar-refractivity contribution in [3.63, 3.8) is 0 Å². The van der Waals surface area contributed by atoms with Crippen LogP contribution in [0.2, 0.25) is 5.02 Å². The van der Waals surface area contributed by atoms with E-state index in [1.807, 2.05) is 38.1 Å². The molecule has 1 aromatic heterocycles. The van der Waals surface area contributed by atoms with Gasteiger partial charge in [0.2, 0.25) is 0 Å². The van der Waals surface area contributed by atoms with E-state index in [-0.39, 0.29) is 5.91 Å². The van der Waals surface area contributed by atoms with Gasteiger partial charge in [0.05, 0.1) is 0 Å². The van der Waals surface area contributed by atoms with Crippen molar-refractivity contribution in [2.75, 3.05) is 0 Å². The molecule has 1 atom stereocenters. The number of aryl methyl sites for hydroxylation is 2. The van der Waals surface area contributed by atoms with E-state index in [0.717, 1.165) is 21.7 Å². The van der Waals surface area contributed by atoms with Crippen LogP contribution in [0.25, 0.3) is 0 Å². The molecular weight excluding hydrogens is 300 g/mol. The Kier molecular flexibility index (Phi) is 5.39. The van der Waals surface area contributed by atoms with E-state index in [9.17, 15) is 4.79 Å². The predicted molar refractivity (Wildman–Crippen MR) is 87.1 cm³/mol. The van der Waals surface area contributed by atoms with E-state index in [0.29, 0.717) is 12.3 Å². The number of pyridine rings is 1. The first-order chi connectivity index (χ1) is 10.5. The third kappa shape index (κ3) is 4.21. The van der Waals surface area contributed by atoms with E-state index in [4.69, 9.17) is 16.3 Å². The number of benzene rings is 1. The van der Waals surface area contributed by atoms with Crippen molar-refractivity contribution in [1.29, 1.82) is 0 Å². The van der Waals surface area contributed by atoms with Gasteiger partial charge in [-0.1, -0.05) is 11.6 Å². The van der Waals surface area contributed by atoms with Crippen LogP contribution in [0.1, 0.15) is 23.6 Å². The molecule has 1 amide bonds. The zero-order valence-electron chi connectivity index (χ0n) is 12.9. The summed E-state index contributed by atoms with van der Waals surface area (Å²) in [5.41, 5.74) is 2.86. The quantitative estimate of drug-likeness (QED) is 0.918. The second-order valence-electron chi connectivity index (χ2n) is 5.20. The maximum Gasteiger partial charge on any atom is 0.261 e. The number of rotatable bonds is 5. The number of hydrogen-bond acceptors (Lipinski definition) is 3. The summed E-state index contributed by atoms with van der Waals surface area (Å²) in [6, 6.07) is 7.39. The van der Waals surface area contributed by atoms with Crippen molar-refractivity contribution in [2.24, 2.45) is 0 Å². The van der Waals surface area contributed by atoms with Crippen LogP contribution in [0, 0.1) is 13.8 Å². The summed E-state index contributed by atoms with van der Waals surface area (Å²) in [4.78, 5) is 16.0. The Hall–Kier alpha value is -2.07. The third-order valence-corrected chi connectivity index (χ3v) is 3.90. The van der Waals surface area contributed by atoms with Gasteiger partial charge in [-0.25, -0.2) is 0 Å². The lowest BCUT2D eigenvalue weighted by molar-refractivity contribution is -0.127. The fourth-order valence-corrected chi connectivity index (χ4v) is 2.17. The molecule has 2 rings (SSSR count). The zero-order valence-corrected chi connectivity index (χ0v) is 13.6. The molecule has 0 saturated carbocycles. The van der Waals surface area contributed by atoms with Crippen LogP contribution < -0.4 is 10.1 Å². The molecule has 0 bridgehead atoms. The monoisotopic (exact) mass is 318 g/mol. The number of carbonyl (C=O) groups is 1. The molecule has 1 unspecified atom stereocenters. The molecule has 0 aliphatic rings. The predicted octanol–water partition coefficient (Wildman–Crippen LogP) is 3.44. The minimum atomic E-state index is -0.582. The summed E-state index contributed by atoms with van der Waals surface area (Å²) < 4.78 is 5.70. The summed E-state index contributed by atoms with van der Waals surface area (Å²) in [7, 11) is 0. The molecule has 22 heavy (non-hydrogen) atoms. The third-order valence-electron chi connectivity index (χ3n) is 3.31. The molecule has 0 fully saturated rings. The lowest BCUT2D eigenvalue weighted by Crippen LogP contribution is -2.35. The largest absolute Gasteiger partial charge is 0.481 e. The molecule has 1 aromatic carbocycles. The van der Waals surface area contributed by atoms with Crippen LogP contribution in [0.5, 0.6) is 5.75 Å². The Bertz CT molecular complexity index is 636. The van der Waals surface area contributed by atoms with Gasteiger partial charge in [-0.05, 0) is 61.7 Å². The average molecular weight is 319 g/mol. The smallest absolute Gasteiger partial charge is 0.261 e. The van der Waals surface area contributed by atoms with Crippen LogP contribution >= 0.6 is 11.6 Å². The van der Waals surface area contributed by atoms with Gasteiger partial charge in [0.15, 0.2) is 6.10 Å². The lowest BCUT2D eigenvalue weighted by Gasteiger charge is -2.16. The van der Waals surface area contributed by atoms with Crippen LogP contribution in [0.15, 0.2) is 36.7 Å². The minimum absolute atomic E-state index is 0.165. The van der Waals surface area contributed by atoms with Gasteiger partial charge >= 0.3 is 0 Å². The van der Waals surface area contributed by atoms with Crippen molar-refractivity contribution in [1.82, 2.24) is 10.3 Å². The Balaban J connectivity index is 1.94. The molecule has 0 saturated heterocycles. The highest BCUT2D eigenvalue weighted by Crippen LogP contribution is 2.26. The normalized spacial score (nSPS) is 11.8. The Morgan fingerprint density at radius 3 is 2.45 bits per heavy atom. The highest BCUT2D eigenvalue weighted by molar-refractivity contribution is 6.32. The van der Waals surface area contributed by atoms with Crippen LogP contribution in [-0.4, -0.2) is 17.0 Å². The van der Waals surface area contributed by atoms with Crippen molar-refractivity contribution < 1.29 is 9.53 Å². The van der Waals surface area contributed by atoms with Crippen molar-refractivity contribution in [2.45, 2.75) is 33.4 Å². The highest BCUT2D eigenvalue weighted by Gasteiger charge is 2.15. The van der Waals surface area contributed by atoms with Crippen molar-refractivity contribution in [3.8, 4) is 5.75 Å². The summed E-state index contributed by atoms with van der Waals surface area (Å²) in [6.45, 7) is 6.00. The number of halogens is 1. The van der Waals surface area contributed by atoms with Crippen LogP contribution in [0.4, 0.5) is 0 Å². The number of nitrogens with zero attached hydrogens (tertiary/aromatic N) is 1. The fourth-order valence-electron chi connectivity index (χ4n) is 2.07. The molecule has 116 valence electrons.